The first-order chi connectivity index (χ1) is 10.1. The summed E-state index contributed by atoms with van der Waals surface area (Å²) in [5.41, 5.74) is 5.01. The van der Waals surface area contributed by atoms with Crippen molar-refractivity contribution >= 4 is 33.5 Å². The highest BCUT2D eigenvalue weighted by Crippen LogP contribution is 2.29. The topological polar surface area (TPSA) is 33.1 Å². The number of nitrogens with zero attached hydrogens (tertiary/aromatic N) is 1. The third kappa shape index (κ3) is 2.80. The first kappa shape index (κ1) is 14.5. The summed E-state index contributed by atoms with van der Waals surface area (Å²) in [6.07, 6.45) is -0.609. The van der Waals surface area contributed by atoms with Gasteiger partial charge in [-0.05, 0) is 71.3 Å². The monoisotopic (exact) mass is 389 g/mol. The molecule has 1 atom stereocenters. The highest BCUT2D eigenvalue weighted by Gasteiger charge is 2.15. The molecular weight excluding hydrogens is 373 g/mol. The standard InChI is InChI=1S/C18H16INO/c1-11-4-3-5-15(17(11)19)18(21)14-8-9-16-13(10-14)7-6-12(2)20-16/h3-10,18,21H,1-2H3. The van der Waals surface area contributed by atoms with E-state index in [2.05, 4.69) is 46.6 Å². The van der Waals surface area contributed by atoms with Crippen LogP contribution in [-0.4, -0.2) is 10.1 Å². The van der Waals surface area contributed by atoms with Gasteiger partial charge in [0.25, 0.3) is 0 Å². The smallest absolute Gasteiger partial charge is 0.105 e. The molecule has 1 heterocycles. The summed E-state index contributed by atoms with van der Waals surface area (Å²) < 4.78 is 1.12. The number of aromatic nitrogens is 1. The Kier molecular flexibility index (Phi) is 3.95. The van der Waals surface area contributed by atoms with Gasteiger partial charge in [-0.1, -0.05) is 30.3 Å². The summed E-state index contributed by atoms with van der Waals surface area (Å²) in [7, 11) is 0. The molecule has 0 aliphatic rings. The summed E-state index contributed by atoms with van der Waals surface area (Å²) in [6.45, 7) is 4.04. The Bertz CT molecular complexity index is 813. The fourth-order valence-corrected chi connectivity index (χ4v) is 3.13. The third-order valence-electron chi connectivity index (χ3n) is 3.68. The lowest BCUT2D eigenvalue weighted by molar-refractivity contribution is 0.219. The SMILES string of the molecule is Cc1ccc2cc(C(O)c3cccc(C)c3I)ccc2n1. The number of halogens is 1. The molecule has 0 saturated carbocycles. The molecule has 1 N–H and O–H groups in total. The van der Waals surface area contributed by atoms with E-state index in [9.17, 15) is 5.11 Å². The van der Waals surface area contributed by atoms with Crippen LogP contribution >= 0.6 is 22.6 Å². The molecule has 3 heteroatoms. The summed E-state index contributed by atoms with van der Waals surface area (Å²) in [4.78, 5) is 4.50. The molecule has 21 heavy (non-hydrogen) atoms. The minimum atomic E-state index is -0.609. The van der Waals surface area contributed by atoms with Gasteiger partial charge in [0, 0.05) is 14.7 Å². The molecule has 3 aromatic rings. The molecule has 3 rings (SSSR count). The Morgan fingerprint density at radius 3 is 2.67 bits per heavy atom. The second kappa shape index (κ2) is 5.73. The lowest BCUT2D eigenvalue weighted by atomic mass is 9.98. The molecule has 0 saturated heterocycles. The number of aliphatic hydroxyl groups excluding tert-OH is 1. The van der Waals surface area contributed by atoms with Crippen LogP contribution in [-0.2, 0) is 0 Å². The maximum atomic E-state index is 10.7. The highest BCUT2D eigenvalue weighted by molar-refractivity contribution is 14.1. The van der Waals surface area contributed by atoms with Crippen molar-refractivity contribution in [2.75, 3.05) is 0 Å². The van der Waals surface area contributed by atoms with Crippen LogP contribution < -0.4 is 0 Å². The zero-order valence-electron chi connectivity index (χ0n) is 12.0. The Morgan fingerprint density at radius 1 is 1.05 bits per heavy atom. The normalized spacial score (nSPS) is 12.6. The summed E-state index contributed by atoms with van der Waals surface area (Å²) in [5.74, 6) is 0. The first-order valence-electron chi connectivity index (χ1n) is 6.86. The minimum absolute atomic E-state index is 0.609. The molecule has 1 unspecified atom stereocenters. The molecule has 0 fully saturated rings. The van der Waals surface area contributed by atoms with Crippen LogP contribution in [0.1, 0.15) is 28.5 Å². The van der Waals surface area contributed by atoms with Crippen molar-refractivity contribution in [3.05, 3.63) is 74.5 Å². The number of hydrogen-bond donors (Lipinski definition) is 1. The van der Waals surface area contributed by atoms with Gasteiger partial charge in [-0.25, -0.2) is 0 Å². The largest absolute Gasteiger partial charge is 0.384 e. The first-order valence-corrected chi connectivity index (χ1v) is 7.94. The Labute approximate surface area is 138 Å². The molecule has 0 amide bonds. The molecule has 0 spiro atoms. The van der Waals surface area contributed by atoms with Crippen LogP contribution in [0.25, 0.3) is 10.9 Å². The van der Waals surface area contributed by atoms with E-state index in [1.807, 2.05) is 43.3 Å². The molecule has 2 aromatic carbocycles. The van der Waals surface area contributed by atoms with Crippen LogP contribution in [0.5, 0.6) is 0 Å². The number of hydrogen-bond acceptors (Lipinski definition) is 2. The second-order valence-corrected chi connectivity index (χ2v) is 6.36. The summed E-state index contributed by atoms with van der Waals surface area (Å²) in [6, 6.07) is 16.0. The van der Waals surface area contributed by atoms with Gasteiger partial charge in [-0.2, -0.15) is 0 Å². The van der Waals surface area contributed by atoms with Gasteiger partial charge in [0.2, 0.25) is 0 Å². The van der Waals surface area contributed by atoms with E-state index >= 15 is 0 Å². The van der Waals surface area contributed by atoms with Crippen molar-refractivity contribution in [3.8, 4) is 0 Å². The lowest BCUT2D eigenvalue weighted by Gasteiger charge is -2.15. The quantitative estimate of drug-likeness (QED) is 0.653. The van der Waals surface area contributed by atoms with Crippen molar-refractivity contribution < 1.29 is 5.11 Å². The predicted molar refractivity (Wildman–Crippen MR) is 94.4 cm³/mol. The number of rotatable bonds is 2. The molecular formula is C18H16INO. The average molecular weight is 389 g/mol. The van der Waals surface area contributed by atoms with Gasteiger partial charge >= 0.3 is 0 Å². The molecule has 0 bridgehead atoms. The van der Waals surface area contributed by atoms with E-state index in [-0.39, 0.29) is 0 Å². The maximum Gasteiger partial charge on any atom is 0.105 e. The predicted octanol–water partition coefficient (Wildman–Crippen LogP) is 4.54. The van der Waals surface area contributed by atoms with Gasteiger partial charge in [0.15, 0.2) is 0 Å². The van der Waals surface area contributed by atoms with E-state index in [0.717, 1.165) is 31.3 Å². The highest BCUT2D eigenvalue weighted by atomic mass is 127. The number of aryl methyl sites for hydroxylation is 2. The molecule has 106 valence electrons. The van der Waals surface area contributed by atoms with E-state index in [0.29, 0.717) is 0 Å². The number of aliphatic hydroxyl groups is 1. The lowest BCUT2D eigenvalue weighted by Crippen LogP contribution is -2.03. The van der Waals surface area contributed by atoms with Gasteiger partial charge in [-0.3, -0.25) is 4.98 Å². The average Bonchev–Trinajstić information content (AvgIpc) is 2.49. The van der Waals surface area contributed by atoms with Crippen molar-refractivity contribution in [1.29, 1.82) is 0 Å². The van der Waals surface area contributed by atoms with Gasteiger partial charge in [0.1, 0.15) is 6.10 Å². The zero-order valence-corrected chi connectivity index (χ0v) is 14.1. The molecule has 2 nitrogen and oxygen atoms in total. The maximum absolute atomic E-state index is 10.7. The Hall–Kier alpha value is -1.46. The number of fused-ring (bicyclic) bond motifs is 1. The van der Waals surface area contributed by atoms with Gasteiger partial charge in [0.05, 0.1) is 5.52 Å². The van der Waals surface area contributed by atoms with Crippen molar-refractivity contribution in [2.45, 2.75) is 20.0 Å². The molecule has 0 radical (unpaired) electrons. The fraction of sp³-hybridized carbons (Fsp3) is 0.167. The minimum Gasteiger partial charge on any atom is -0.384 e. The van der Waals surface area contributed by atoms with E-state index < -0.39 is 6.10 Å². The third-order valence-corrected chi connectivity index (χ3v) is 5.16. The van der Waals surface area contributed by atoms with Crippen molar-refractivity contribution in [3.63, 3.8) is 0 Å². The van der Waals surface area contributed by atoms with Crippen LogP contribution in [0.3, 0.4) is 0 Å². The molecule has 0 aliphatic carbocycles. The number of benzene rings is 2. The zero-order chi connectivity index (χ0) is 15.0. The fourth-order valence-electron chi connectivity index (χ4n) is 2.48. The van der Waals surface area contributed by atoms with Gasteiger partial charge < -0.3 is 5.11 Å². The molecule has 0 aliphatic heterocycles. The van der Waals surface area contributed by atoms with Crippen LogP contribution in [0.4, 0.5) is 0 Å². The Morgan fingerprint density at radius 2 is 1.86 bits per heavy atom. The van der Waals surface area contributed by atoms with Crippen LogP contribution in [0, 0.1) is 17.4 Å². The van der Waals surface area contributed by atoms with Gasteiger partial charge in [-0.15, -0.1) is 0 Å². The molecule has 1 aromatic heterocycles. The van der Waals surface area contributed by atoms with Crippen molar-refractivity contribution in [1.82, 2.24) is 4.98 Å². The van der Waals surface area contributed by atoms with Crippen molar-refractivity contribution in [2.24, 2.45) is 0 Å². The second-order valence-electron chi connectivity index (χ2n) is 5.29. The van der Waals surface area contributed by atoms with E-state index in [4.69, 9.17) is 0 Å². The van der Waals surface area contributed by atoms with Crippen LogP contribution in [0.15, 0.2) is 48.5 Å². The van der Waals surface area contributed by atoms with E-state index in [1.165, 1.54) is 5.56 Å². The van der Waals surface area contributed by atoms with E-state index in [1.54, 1.807) is 0 Å². The van der Waals surface area contributed by atoms with Crippen LogP contribution in [0.2, 0.25) is 0 Å². The Balaban J connectivity index is 2.07. The summed E-state index contributed by atoms with van der Waals surface area (Å²) in [5, 5.41) is 11.7. The number of pyridine rings is 1. The summed E-state index contributed by atoms with van der Waals surface area (Å²) >= 11 is 2.30.